The smallest absolute Gasteiger partial charge is 0.408 e. The van der Waals surface area contributed by atoms with Crippen LogP contribution in [0.25, 0.3) is 0 Å². The van der Waals surface area contributed by atoms with Crippen LogP contribution in [0.3, 0.4) is 0 Å². The van der Waals surface area contributed by atoms with E-state index >= 15 is 0 Å². The second-order valence-electron chi connectivity index (χ2n) is 11.2. The van der Waals surface area contributed by atoms with Gasteiger partial charge in [0.1, 0.15) is 23.8 Å². The van der Waals surface area contributed by atoms with Crippen LogP contribution < -0.4 is 10.6 Å². The van der Waals surface area contributed by atoms with Crippen LogP contribution in [0.4, 0.5) is 4.79 Å². The fraction of sp³-hybridized carbons (Fsp3) is 0.792. The van der Waals surface area contributed by atoms with Crippen molar-refractivity contribution in [2.45, 2.75) is 98.4 Å². The van der Waals surface area contributed by atoms with Gasteiger partial charge in [-0.05, 0) is 32.1 Å². The van der Waals surface area contributed by atoms with Crippen molar-refractivity contribution >= 4 is 29.8 Å². The molecule has 0 aromatic rings. The van der Waals surface area contributed by atoms with Crippen LogP contribution in [0.5, 0.6) is 0 Å². The number of hydrogen-bond donors (Lipinski definition) is 3. The zero-order chi connectivity index (χ0) is 27.1. The molecule has 0 spiro atoms. The van der Waals surface area contributed by atoms with E-state index in [0.29, 0.717) is 6.42 Å². The van der Waals surface area contributed by atoms with E-state index in [-0.39, 0.29) is 30.7 Å². The molecule has 1 heterocycles. The topological polar surface area (TPSA) is 151 Å². The summed E-state index contributed by atoms with van der Waals surface area (Å²) in [6.45, 7) is 13.8. The van der Waals surface area contributed by atoms with E-state index < -0.39 is 60.2 Å². The molecule has 0 aromatic heterocycles. The van der Waals surface area contributed by atoms with Gasteiger partial charge in [0.05, 0.1) is 19.5 Å². The fourth-order valence-corrected chi connectivity index (χ4v) is 3.56. The molecule has 1 fully saturated rings. The summed E-state index contributed by atoms with van der Waals surface area (Å²) in [5.74, 6) is -3.14. The van der Waals surface area contributed by atoms with Gasteiger partial charge in [0.25, 0.3) is 0 Å². The van der Waals surface area contributed by atoms with Gasteiger partial charge >= 0.3 is 18.0 Å². The van der Waals surface area contributed by atoms with E-state index in [4.69, 9.17) is 9.47 Å². The van der Waals surface area contributed by atoms with Crippen molar-refractivity contribution < 1.29 is 38.6 Å². The summed E-state index contributed by atoms with van der Waals surface area (Å²) in [5, 5.41) is 14.6. The molecule has 0 bridgehead atoms. The van der Waals surface area contributed by atoms with E-state index in [1.54, 1.807) is 27.7 Å². The number of esters is 1. The van der Waals surface area contributed by atoms with Crippen LogP contribution in [-0.2, 0) is 28.7 Å². The maximum atomic E-state index is 12.8. The number of nitrogens with zero attached hydrogens (tertiary/aromatic N) is 1. The Morgan fingerprint density at radius 3 is 2.17 bits per heavy atom. The number of rotatable bonds is 9. The summed E-state index contributed by atoms with van der Waals surface area (Å²) in [5.41, 5.74) is -1.04. The lowest BCUT2D eigenvalue weighted by Gasteiger charge is -2.27. The molecule has 0 radical (unpaired) electrons. The number of alkyl carbamates (subject to hydrolysis) is 1. The molecular formula is C24H41N3O8. The molecule has 11 heteroatoms. The minimum absolute atomic E-state index is 0.0272. The highest BCUT2D eigenvalue weighted by Gasteiger charge is 2.41. The molecule has 0 aliphatic carbocycles. The maximum absolute atomic E-state index is 12.8. The molecule has 3 amide bonds. The SMILES string of the molecule is CC[C@H](C)[C@H](NC(=O)OC(C)(C)C)C(=O)NCC(=O)N1C[C@H](OC(=O)CC(C)(C)C)C[C@H]1C(=O)O. The minimum Gasteiger partial charge on any atom is -0.480 e. The van der Waals surface area contributed by atoms with E-state index in [1.807, 2.05) is 27.7 Å². The minimum atomic E-state index is -1.22. The quantitative estimate of drug-likeness (QED) is 0.408. The molecule has 35 heavy (non-hydrogen) atoms. The van der Waals surface area contributed by atoms with Crippen molar-refractivity contribution in [2.24, 2.45) is 11.3 Å². The number of nitrogens with one attached hydrogen (secondary N) is 2. The molecule has 0 aromatic carbocycles. The van der Waals surface area contributed by atoms with E-state index in [0.717, 1.165) is 4.90 Å². The lowest BCUT2D eigenvalue weighted by atomic mass is 9.92. The molecule has 4 atom stereocenters. The van der Waals surface area contributed by atoms with Gasteiger partial charge in [-0.2, -0.15) is 0 Å². The van der Waals surface area contributed by atoms with Crippen molar-refractivity contribution in [3.8, 4) is 0 Å². The maximum Gasteiger partial charge on any atom is 0.408 e. The van der Waals surface area contributed by atoms with Gasteiger partial charge in [0.2, 0.25) is 11.8 Å². The highest BCUT2D eigenvalue weighted by atomic mass is 16.6. The van der Waals surface area contributed by atoms with Crippen LogP contribution >= 0.6 is 0 Å². The largest absolute Gasteiger partial charge is 0.480 e. The number of carboxylic acid groups (broad SMARTS) is 1. The zero-order valence-electron chi connectivity index (χ0n) is 22.1. The number of carboxylic acids is 1. The van der Waals surface area contributed by atoms with E-state index in [1.165, 1.54) is 0 Å². The Hall–Kier alpha value is -2.85. The molecule has 0 saturated carbocycles. The second-order valence-corrected chi connectivity index (χ2v) is 11.2. The van der Waals surface area contributed by atoms with E-state index in [2.05, 4.69) is 10.6 Å². The van der Waals surface area contributed by atoms with Gasteiger partial charge in [0, 0.05) is 6.42 Å². The Labute approximate surface area is 207 Å². The van der Waals surface area contributed by atoms with Crippen LogP contribution in [0.1, 0.15) is 74.7 Å². The van der Waals surface area contributed by atoms with Gasteiger partial charge in [-0.15, -0.1) is 0 Å². The van der Waals surface area contributed by atoms with Gasteiger partial charge in [0.15, 0.2) is 0 Å². The van der Waals surface area contributed by atoms with Crippen molar-refractivity contribution in [3.05, 3.63) is 0 Å². The van der Waals surface area contributed by atoms with Crippen LogP contribution in [0.15, 0.2) is 0 Å². The summed E-state index contributed by atoms with van der Waals surface area (Å²) in [6.07, 6.45) is -0.786. The lowest BCUT2D eigenvalue weighted by molar-refractivity contribution is -0.151. The summed E-state index contributed by atoms with van der Waals surface area (Å²) in [7, 11) is 0. The van der Waals surface area contributed by atoms with Gasteiger partial charge in [-0.1, -0.05) is 41.0 Å². The monoisotopic (exact) mass is 499 g/mol. The summed E-state index contributed by atoms with van der Waals surface area (Å²) in [6, 6.07) is -2.11. The first-order chi connectivity index (χ1) is 15.9. The molecule has 200 valence electrons. The van der Waals surface area contributed by atoms with Crippen molar-refractivity contribution in [1.82, 2.24) is 15.5 Å². The van der Waals surface area contributed by atoms with Crippen LogP contribution in [-0.4, -0.2) is 76.7 Å². The third-order valence-electron chi connectivity index (χ3n) is 5.42. The normalized spacial score (nSPS) is 19.9. The third kappa shape index (κ3) is 10.5. The first kappa shape index (κ1) is 30.2. The summed E-state index contributed by atoms with van der Waals surface area (Å²) < 4.78 is 10.6. The Morgan fingerprint density at radius 2 is 1.69 bits per heavy atom. The number of carbonyl (C=O) groups excluding carboxylic acids is 4. The molecule has 1 saturated heterocycles. The van der Waals surface area contributed by atoms with Gasteiger partial charge < -0.3 is 30.1 Å². The highest BCUT2D eigenvalue weighted by molar-refractivity contribution is 5.91. The molecule has 1 aliphatic heterocycles. The molecule has 3 N–H and O–H groups in total. The number of ether oxygens (including phenoxy) is 2. The number of carbonyl (C=O) groups is 5. The molecule has 0 unspecified atom stereocenters. The standard InChI is InChI=1S/C24H41N3O8/c1-9-14(2)19(26-22(33)35-24(6,7)8)20(30)25-12-17(28)27-13-15(10-16(27)21(31)32)34-18(29)11-23(3,4)5/h14-16,19H,9-13H2,1-8H3,(H,25,30)(H,26,33)(H,31,32)/t14-,15+,16-,19-/m0/s1. The summed E-state index contributed by atoms with van der Waals surface area (Å²) >= 11 is 0. The highest BCUT2D eigenvalue weighted by Crippen LogP contribution is 2.24. The molecule has 1 rings (SSSR count). The predicted molar refractivity (Wildman–Crippen MR) is 127 cm³/mol. The predicted octanol–water partition coefficient (Wildman–Crippen LogP) is 2.08. The van der Waals surface area contributed by atoms with E-state index in [9.17, 15) is 29.1 Å². The fourth-order valence-electron chi connectivity index (χ4n) is 3.56. The number of likely N-dealkylation sites (tertiary alicyclic amines) is 1. The number of aliphatic carboxylic acids is 1. The molecule has 11 nitrogen and oxygen atoms in total. The second kappa shape index (κ2) is 12.2. The first-order valence-corrected chi connectivity index (χ1v) is 11.9. The molecule has 1 aliphatic rings. The number of hydrogen-bond acceptors (Lipinski definition) is 7. The Bertz CT molecular complexity index is 800. The first-order valence-electron chi connectivity index (χ1n) is 11.9. The Morgan fingerprint density at radius 1 is 1.09 bits per heavy atom. The van der Waals surface area contributed by atoms with Gasteiger partial charge in [-0.25, -0.2) is 9.59 Å². The van der Waals surface area contributed by atoms with Crippen molar-refractivity contribution in [2.75, 3.05) is 13.1 Å². The van der Waals surface area contributed by atoms with Crippen molar-refractivity contribution in [1.29, 1.82) is 0 Å². The lowest BCUT2D eigenvalue weighted by Crippen LogP contribution is -2.53. The average Bonchev–Trinajstić information content (AvgIpc) is 3.10. The van der Waals surface area contributed by atoms with Crippen LogP contribution in [0.2, 0.25) is 0 Å². The summed E-state index contributed by atoms with van der Waals surface area (Å²) in [4.78, 5) is 62.7. The van der Waals surface area contributed by atoms with Crippen molar-refractivity contribution in [3.63, 3.8) is 0 Å². The average molecular weight is 500 g/mol. The van der Waals surface area contributed by atoms with Crippen LogP contribution in [0, 0.1) is 11.3 Å². The Balaban J connectivity index is 2.79. The van der Waals surface area contributed by atoms with Gasteiger partial charge in [-0.3, -0.25) is 14.4 Å². The zero-order valence-corrected chi connectivity index (χ0v) is 22.1. The number of amides is 3. The third-order valence-corrected chi connectivity index (χ3v) is 5.42. The Kier molecular flexibility index (Phi) is 10.5. The molecular weight excluding hydrogens is 458 g/mol.